The number of rotatable bonds is 2. The Hall–Kier alpha value is -1.15. The highest BCUT2D eigenvalue weighted by Gasteiger charge is 2.11. The Labute approximate surface area is 84.1 Å². The van der Waals surface area contributed by atoms with E-state index in [1.807, 2.05) is 12.1 Å². The van der Waals surface area contributed by atoms with Gasteiger partial charge in [-0.05, 0) is 42.9 Å². The van der Waals surface area contributed by atoms with Crippen LogP contribution >= 0.6 is 0 Å². The molecule has 74 valence electrons. The number of fused-ring (bicyclic) bond motifs is 1. The lowest BCUT2D eigenvalue weighted by Crippen LogP contribution is -2.14. The monoisotopic (exact) mass is 189 g/mol. The third-order valence-corrected chi connectivity index (χ3v) is 2.86. The molecule has 0 heterocycles. The average molecular weight is 189 g/mol. The summed E-state index contributed by atoms with van der Waals surface area (Å²) in [5.74, 6) is 0.0402. The first-order valence-corrected chi connectivity index (χ1v) is 5.16. The van der Waals surface area contributed by atoms with E-state index in [4.69, 9.17) is 5.73 Å². The zero-order chi connectivity index (χ0) is 9.97. The normalized spacial score (nSPS) is 14.9. The molecule has 14 heavy (non-hydrogen) atoms. The fourth-order valence-electron chi connectivity index (χ4n) is 2.02. The van der Waals surface area contributed by atoms with E-state index in [1.165, 1.54) is 24.0 Å². The number of Topliss-reactive ketones (excluding diaryl/α,β-unsaturated/α-hetero) is 1. The molecule has 1 aliphatic rings. The van der Waals surface area contributed by atoms with E-state index in [-0.39, 0.29) is 12.3 Å². The van der Waals surface area contributed by atoms with Gasteiger partial charge in [0.15, 0.2) is 5.78 Å². The van der Waals surface area contributed by atoms with E-state index in [0.717, 1.165) is 18.4 Å². The van der Waals surface area contributed by atoms with Crippen LogP contribution in [0, 0.1) is 0 Å². The Morgan fingerprint density at radius 2 is 1.93 bits per heavy atom. The van der Waals surface area contributed by atoms with Gasteiger partial charge in [0.2, 0.25) is 0 Å². The lowest BCUT2D eigenvalue weighted by atomic mass is 9.90. The lowest BCUT2D eigenvalue weighted by molar-refractivity contribution is 0.100. The van der Waals surface area contributed by atoms with Crippen molar-refractivity contribution in [3.63, 3.8) is 0 Å². The Morgan fingerprint density at radius 1 is 1.21 bits per heavy atom. The second-order valence-electron chi connectivity index (χ2n) is 3.82. The number of aryl methyl sites for hydroxylation is 2. The first-order chi connectivity index (χ1) is 6.81. The molecule has 0 saturated heterocycles. The standard InChI is InChI=1S/C12H15NO/c13-8-12(14)11-6-5-9-3-1-2-4-10(9)7-11/h5-7H,1-4,8,13H2. The molecule has 0 aliphatic heterocycles. The summed E-state index contributed by atoms with van der Waals surface area (Å²) in [5.41, 5.74) is 8.85. The number of hydrogen-bond donors (Lipinski definition) is 1. The van der Waals surface area contributed by atoms with Gasteiger partial charge in [-0.1, -0.05) is 12.1 Å². The summed E-state index contributed by atoms with van der Waals surface area (Å²) < 4.78 is 0. The van der Waals surface area contributed by atoms with Gasteiger partial charge in [-0.25, -0.2) is 0 Å². The van der Waals surface area contributed by atoms with E-state index < -0.39 is 0 Å². The van der Waals surface area contributed by atoms with Crippen molar-refractivity contribution in [3.8, 4) is 0 Å². The Kier molecular flexibility index (Phi) is 2.64. The third-order valence-electron chi connectivity index (χ3n) is 2.86. The summed E-state index contributed by atoms with van der Waals surface area (Å²) in [6.07, 6.45) is 4.79. The highest BCUT2D eigenvalue weighted by Crippen LogP contribution is 2.22. The third kappa shape index (κ3) is 1.70. The van der Waals surface area contributed by atoms with Crippen LogP contribution in [0.5, 0.6) is 0 Å². The minimum Gasteiger partial charge on any atom is -0.324 e. The number of carbonyl (C=O) groups excluding carboxylic acids is 1. The summed E-state index contributed by atoms with van der Waals surface area (Å²) in [6, 6.07) is 6.00. The van der Waals surface area contributed by atoms with Crippen LogP contribution in [0.25, 0.3) is 0 Å². The summed E-state index contributed by atoms with van der Waals surface area (Å²) in [7, 11) is 0. The van der Waals surface area contributed by atoms with Crippen LogP contribution in [0.1, 0.15) is 34.3 Å². The number of nitrogens with two attached hydrogens (primary N) is 1. The van der Waals surface area contributed by atoms with Crippen LogP contribution in [-0.4, -0.2) is 12.3 Å². The molecule has 2 nitrogen and oxygen atoms in total. The molecule has 0 unspecified atom stereocenters. The molecule has 0 saturated carbocycles. The quantitative estimate of drug-likeness (QED) is 0.720. The first kappa shape index (κ1) is 9.41. The van der Waals surface area contributed by atoms with E-state index in [9.17, 15) is 4.79 Å². The molecule has 1 aromatic rings. The van der Waals surface area contributed by atoms with Gasteiger partial charge in [0.1, 0.15) is 0 Å². The number of carbonyl (C=O) groups is 1. The van der Waals surface area contributed by atoms with Crippen molar-refractivity contribution in [1.29, 1.82) is 0 Å². The molecule has 1 aliphatic carbocycles. The largest absolute Gasteiger partial charge is 0.324 e. The first-order valence-electron chi connectivity index (χ1n) is 5.16. The van der Waals surface area contributed by atoms with Crippen molar-refractivity contribution in [2.24, 2.45) is 5.73 Å². The van der Waals surface area contributed by atoms with Crippen molar-refractivity contribution in [1.82, 2.24) is 0 Å². The summed E-state index contributed by atoms with van der Waals surface area (Å²) in [6.45, 7) is 0.110. The fourth-order valence-corrected chi connectivity index (χ4v) is 2.02. The highest BCUT2D eigenvalue weighted by atomic mass is 16.1. The van der Waals surface area contributed by atoms with Crippen LogP contribution < -0.4 is 5.73 Å². The van der Waals surface area contributed by atoms with Gasteiger partial charge < -0.3 is 5.73 Å². The summed E-state index contributed by atoms with van der Waals surface area (Å²) >= 11 is 0. The zero-order valence-electron chi connectivity index (χ0n) is 8.25. The van der Waals surface area contributed by atoms with Gasteiger partial charge in [-0.3, -0.25) is 4.79 Å². The van der Waals surface area contributed by atoms with Crippen molar-refractivity contribution >= 4 is 5.78 Å². The van der Waals surface area contributed by atoms with E-state index >= 15 is 0 Å². The van der Waals surface area contributed by atoms with E-state index in [0.29, 0.717) is 0 Å². The average Bonchev–Trinajstić information content (AvgIpc) is 2.27. The molecule has 0 radical (unpaired) electrons. The minimum absolute atomic E-state index is 0.0402. The topological polar surface area (TPSA) is 43.1 Å². The lowest BCUT2D eigenvalue weighted by Gasteiger charge is -2.15. The van der Waals surface area contributed by atoms with Crippen LogP contribution in [-0.2, 0) is 12.8 Å². The number of hydrogen-bond acceptors (Lipinski definition) is 2. The van der Waals surface area contributed by atoms with Gasteiger partial charge in [0, 0.05) is 5.56 Å². The molecular formula is C12H15NO. The highest BCUT2D eigenvalue weighted by molar-refractivity contribution is 5.97. The molecular weight excluding hydrogens is 174 g/mol. The number of benzene rings is 1. The maximum Gasteiger partial charge on any atom is 0.176 e. The zero-order valence-corrected chi connectivity index (χ0v) is 8.25. The van der Waals surface area contributed by atoms with E-state index in [1.54, 1.807) is 0 Å². The van der Waals surface area contributed by atoms with Crippen LogP contribution in [0.4, 0.5) is 0 Å². The van der Waals surface area contributed by atoms with Crippen molar-refractivity contribution < 1.29 is 4.79 Å². The molecule has 0 aromatic heterocycles. The molecule has 1 aromatic carbocycles. The maximum absolute atomic E-state index is 11.4. The predicted molar refractivity (Wildman–Crippen MR) is 56.5 cm³/mol. The number of ketones is 1. The molecule has 0 fully saturated rings. The van der Waals surface area contributed by atoms with Gasteiger partial charge in [-0.2, -0.15) is 0 Å². The van der Waals surface area contributed by atoms with Crippen LogP contribution in [0.15, 0.2) is 18.2 Å². The molecule has 0 amide bonds. The summed E-state index contributed by atoms with van der Waals surface area (Å²) in [5, 5.41) is 0. The van der Waals surface area contributed by atoms with Gasteiger partial charge >= 0.3 is 0 Å². The summed E-state index contributed by atoms with van der Waals surface area (Å²) in [4.78, 5) is 11.4. The van der Waals surface area contributed by atoms with Crippen LogP contribution in [0.3, 0.4) is 0 Å². The molecule has 0 spiro atoms. The fraction of sp³-hybridized carbons (Fsp3) is 0.417. The molecule has 2 rings (SSSR count). The smallest absolute Gasteiger partial charge is 0.176 e. The molecule has 0 atom stereocenters. The molecule has 2 heteroatoms. The Morgan fingerprint density at radius 3 is 2.64 bits per heavy atom. The second kappa shape index (κ2) is 3.93. The van der Waals surface area contributed by atoms with Crippen molar-refractivity contribution in [3.05, 3.63) is 34.9 Å². The molecule has 0 bridgehead atoms. The van der Waals surface area contributed by atoms with Crippen molar-refractivity contribution in [2.45, 2.75) is 25.7 Å². The Bertz CT molecular complexity index is 357. The second-order valence-corrected chi connectivity index (χ2v) is 3.82. The SMILES string of the molecule is NCC(=O)c1ccc2c(c1)CCCC2. The van der Waals surface area contributed by atoms with Crippen LogP contribution in [0.2, 0.25) is 0 Å². The predicted octanol–water partition coefficient (Wildman–Crippen LogP) is 1.71. The van der Waals surface area contributed by atoms with Crippen molar-refractivity contribution in [2.75, 3.05) is 6.54 Å². The van der Waals surface area contributed by atoms with Gasteiger partial charge in [-0.15, -0.1) is 0 Å². The van der Waals surface area contributed by atoms with E-state index in [2.05, 4.69) is 6.07 Å². The van der Waals surface area contributed by atoms with Gasteiger partial charge in [0.25, 0.3) is 0 Å². The molecule has 2 N–H and O–H groups in total. The minimum atomic E-state index is 0.0402. The Balaban J connectivity index is 2.33. The van der Waals surface area contributed by atoms with Gasteiger partial charge in [0.05, 0.1) is 6.54 Å². The maximum atomic E-state index is 11.4.